The van der Waals surface area contributed by atoms with E-state index in [0.717, 1.165) is 6.42 Å². The molecule has 0 aliphatic heterocycles. The molecule has 0 aliphatic rings. The molecule has 0 aromatic heterocycles. The SMILES string of the molecule is CCC[Si](O)(O)CC(C)C. The van der Waals surface area contributed by atoms with Crippen molar-refractivity contribution >= 4 is 8.56 Å². The van der Waals surface area contributed by atoms with Gasteiger partial charge in [-0.15, -0.1) is 0 Å². The first-order valence-electron chi connectivity index (χ1n) is 3.92. The molecule has 0 aromatic carbocycles. The summed E-state index contributed by atoms with van der Waals surface area (Å²) in [6.07, 6.45) is 0.881. The minimum atomic E-state index is -2.77. The summed E-state index contributed by atoms with van der Waals surface area (Å²) in [5, 5.41) is 0. The summed E-state index contributed by atoms with van der Waals surface area (Å²) in [5.41, 5.74) is 0. The van der Waals surface area contributed by atoms with Crippen LogP contribution in [0.1, 0.15) is 27.2 Å². The molecule has 62 valence electrons. The third-order valence-electron chi connectivity index (χ3n) is 1.39. The first-order chi connectivity index (χ1) is 4.48. The van der Waals surface area contributed by atoms with Crippen LogP contribution in [0, 0.1) is 5.92 Å². The summed E-state index contributed by atoms with van der Waals surface area (Å²) in [4.78, 5) is 18.8. The van der Waals surface area contributed by atoms with Gasteiger partial charge in [-0.2, -0.15) is 0 Å². The lowest BCUT2D eigenvalue weighted by Gasteiger charge is -2.18. The van der Waals surface area contributed by atoms with E-state index in [0.29, 0.717) is 18.0 Å². The zero-order valence-corrected chi connectivity index (χ0v) is 8.09. The fourth-order valence-electron chi connectivity index (χ4n) is 1.16. The van der Waals surface area contributed by atoms with Crippen molar-refractivity contribution in [3.63, 3.8) is 0 Å². The summed E-state index contributed by atoms with van der Waals surface area (Å²) in [7, 11) is -2.77. The molecule has 0 fully saturated rings. The molecular formula is C7H18O2Si. The molecule has 0 unspecified atom stereocenters. The van der Waals surface area contributed by atoms with Crippen LogP contribution in [-0.4, -0.2) is 18.2 Å². The maximum Gasteiger partial charge on any atom is 0.332 e. The van der Waals surface area contributed by atoms with Gasteiger partial charge in [0.25, 0.3) is 0 Å². The van der Waals surface area contributed by atoms with Crippen molar-refractivity contribution in [2.75, 3.05) is 0 Å². The van der Waals surface area contributed by atoms with Crippen LogP contribution in [0.3, 0.4) is 0 Å². The van der Waals surface area contributed by atoms with Crippen LogP contribution in [0.15, 0.2) is 0 Å². The first-order valence-corrected chi connectivity index (χ1v) is 6.23. The Morgan fingerprint density at radius 1 is 1.30 bits per heavy atom. The minimum Gasteiger partial charge on any atom is -0.411 e. The van der Waals surface area contributed by atoms with E-state index in [2.05, 4.69) is 0 Å². The smallest absolute Gasteiger partial charge is 0.332 e. The summed E-state index contributed by atoms with van der Waals surface area (Å²) in [6.45, 7) is 6.02. The fraction of sp³-hybridized carbons (Fsp3) is 1.00. The molecule has 0 rings (SSSR count). The van der Waals surface area contributed by atoms with E-state index in [9.17, 15) is 9.59 Å². The van der Waals surface area contributed by atoms with Crippen molar-refractivity contribution in [3.05, 3.63) is 0 Å². The van der Waals surface area contributed by atoms with Gasteiger partial charge in [0.05, 0.1) is 0 Å². The van der Waals surface area contributed by atoms with E-state index in [-0.39, 0.29) is 0 Å². The van der Waals surface area contributed by atoms with Crippen molar-refractivity contribution in [1.82, 2.24) is 0 Å². The van der Waals surface area contributed by atoms with E-state index in [1.54, 1.807) is 0 Å². The summed E-state index contributed by atoms with van der Waals surface area (Å²) < 4.78 is 0. The lowest BCUT2D eigenvalue weighted by molar-refractivity contribution is 0.346. The van der Waals surface area contributed by atoms with Gasteiger partial charge in [-0.25, -0.2) is 0 Å². The standard InChI is InChI=1S/C7H18O2Si/c1-4-5-10(8,9)6-7(2)3/h7-9H,4-6H2,1-3H3. The van der Waals surface area contributed by atoms with Crippen LogP contribution < -0.4 is 0 Å². The Morgan fingerprint density at radius 2 is 1.80 bits per heavy atom. The van der Waals surface area contributed by atoms with Crippen LogP contribution >= 0.6 is 0 Å². The average Bonchev–Trinajstić information content (AvgIpc) is 1.59. The van der Waals surface area contributed by atoms with Crippen molar-refractivity contribution in [1.29, 1.82) is 0 Å². The van der Waals surface area contributed by atoms with Crippen LogP contribution in [0.5, 0.6) is 0 Å². The predicted octanol–water partition coefficient (Wildman–Crippen LogP) is 1.48. The zero-order valence-electron chi connectivity index (χ0n) is 7.09. The van der Waals surface area contributed by atoms with E-state index < -0.39 is 8.56 Å². The van der Waals surface area contributed by atoms with Gasteiger partial charge in [0.1, 0.15) is 0 Å². The third kappa shape index (κ3) is 4.96. The van der Waals surface area contributed by atoms with Gasteiger partial charge in [0, 0.05) is 0 Å². The van der Waals surface area contributed by atoms with Gasteiger partial charge in [0.15, 0.2) is 0 Å². The zero-order chi connectivity index (χ0) is 8.20. The molecule has 0 radical (unpaired) electrons. The number of rotatable bonds is 4. The van der Waals surface area contributed by atoms with E-state index in [1.807, 2.05) is 20.8 Å². The van der Waals surface area contributed by atoms with E-state index in [4.69, 9.17) is 0 Å². The maximum absolute atomic E-state index is 9.38. The molecule has 0 amide bonds. The van der Waals surface area contributed by atoms with Crippen molar-refractivity contribution in [2.24, 2.45) is 5.92 Å². The first kappa shape index (κ1) is 10.1. The van der Waals surface area contributed by atoms with Crippen LogP contribution in [0.25, 0.3) is 0 Å². The van der Waals surface area contributed by atoms with E-state index >= 15 is 0 Å². The molecule has 10 heavy (non-hydrogen) atoms. The average molecular weight is 162 g/mol. The highest BCUT2D eigenvalue weighted by molar-refractivity contribution is 6.64. The quantitative estimate of drug-likeness (QED) is 0.615. The van der Waals surface area contributed by atoms with Crippen LogP contribution in [-0.2, 0) is 0 Å². The fourth-order valence-corrected chi connectivity index (χ4v) is 3.47. The number of hydrogen-bond donors (Lipinski definition) is 2. The molecule has 0 aliphatic carbocycles. The Morgan fingerprint density at radius 3 is 2.10 bits per heavy atom. The van der Waals surface area contributed by atoms with Gasteiger partial charge in [-0.3, -0.25) is 0 Å². The summed E-state index contributed by atoms with van der Waals surface area (Å²) in [6, 6.07) is 1.23. The predicted molar refractivity (Wildman–Crippen MR) is 44.9 cm³/mol. The van der Waals surface area contributed by atoms with Gasteiger partial charge in [-0.05, 0) is 18.0 Å². The van der Waals surface area contributed by atoms with Crippen molar-refractivity contribution in [3.8, 4) is 0 Å². The normalized spacial score (nSPS) is 12.6. The summed E-state index contributed by atoms with van der Waals surface area (Å²) in [5.74, 6) is 0.410. The highest BCUT2D eigenvalue weighted by atomic mass is 28.4. The van der Waals surface area contributed by atoms with Gasteiger partial charge < -0.3 is 9.59 Å². The van der Waals surface area contributed by atoms with Gasteiger partial charge >= 0.3 is 8.56 Å². The Balaban J connectivity index is 3.63. The monoisotopic (exact) mass is 162 g/mol. The minimum absolute atomic E-state index is 0.410. The molecular weight excluding hydrogens is 144 g/mol. The molecule has 0 bridgehead atoms. The Hall–Kier alpha value is 0.137. The van der Waals surface area contributed by atoms with Crippen molar-refractivity contribution in [2.45, 2.75) is 39.3 Å². The Bertz CT molecular complexity index is 91.6. The van der Waals surface area contributed by atoms with Crippen molar-refractivity contribution < 1.29 is 9.59 Å². The van der Waals surface area contributed by atoms with Gasteiger partial charge in [-0.1, -0.05) is 27.2 Å². The van der Waals surface area contributed by atoms with E-state index in [1.165, 1.54) is 0 Å². The lowest BCUT2D eigenvalue weighted by Crippen LogP contribution is -2.35. The molecule has 3 heteroatoms. The molecule has 2 N–H and O–H groups in total. The summed E-state index contributed by atoms with van der Waals surface area (Å²) >= 11 is 0. The Labute approximate surface area is 64.1 Å². The third-order valence-corrected chi connectivity index (χ3v) is 4.16. The lowest BCUT2D eigenvalue weighted by atomic mass is 10.3. The largest absolute Gasteiger partial charge is 0.411 e. The highest BCUT2D eigenvalue weighted by Crippen LogP contribution is 2.16. The maximum atomic E-state index is 9.38. The molecule has 0 saturated heterocycles. The molecule has 2 nitrogen and oxygen atoms in total. The second-order valence-corrected chi connectivity index (χ2v) is 6.20. The van der Waals surface area contributed by atoms with Gasteiger partial charge in [0.2, 0.25) is 0 Å². The topological polar surface area (TPSA) is 40.5 Å². The number of hydrogen-bond acceptors (Lipinski definition) is 2. The van der Waals surface area contributed by atoms with Crippen LogP contribution in [0.4, 0.5) is 0 Å². The van der Waals surface area contributed by atoms with Crippen LogP contribution in [0.2, 0.25) is 12.1 Å². The Kier molecular flexibility index (Phi) is 4.16. The molecule has 0 atom stereocenters. The molecule has 0 aromatic rings. The second-order valence-electron chi connectivity index (χ2n) is 3.33. The second kappa shape index (κ2) is 4.11. The molecule has 0 spiro atoms. The molecule has 0 saturated carbocycles. The molecule has 0 heterocycles. The highest BCUT2D eigenvalue weighted by Gasteiger charge is 2.28.